The lowest BCUT2D eigenvalue weighted by atomic mass is 10.4. The normalized spacial score (nSPS) is 4.90. The Bertz CT molecular complexity index is 293. The van der Waals surface area contributed by atoms with Crippen LogP contribution < -0.4 is 0 Å². The molecule has 0 atom stereocenters. The van der Waals surface area contributed by atoms with Crippen molar-refractivity contribution in [2.24, 2.45) is 0 Å². The van der Waals surface area contributed by atoms with Crippen molar-refractivity contribution in [3.05, 3.63) is 0 Å². The number of carbonyl (C=O) groups is 1. The topological polar surface area (TPSA) is 37.3 Å². The molecule has 48 valence electrons. The number of rotatable bonds is 0. The van der Waals surface area contributed by atoms with E-state index in [4.69, 9.17) is 5.11 Å². The summed E-state index contributed by atoms with van der Waals surface area (Å²) in [5.41, 5.74) is 0. The standard InChI is InChI=1S/C8H4O2/c1-8(10)6-4-2-3-5-7-9/h9H,1H3. The highest BCUT2D eigenvalue weighted by Gasteiger charge is 1.74. The fourth-order valence-corrected chi connectivity index (χ4v) is 0.210. The third-order valence-electron chi connectivity index (χ3n) is 0.482. The van der Waals surface area contributed by atoms with Gasteiger partial charge in [-0.1, -0.05) is 0 Å². The SMILES string of the molecule is CC(=O)C#CC#CC#CO. The fraction of sp³-hybridized carbons (Fsp3) is 0.125. The largest absolute Gasteiger partial charge is 0.461 e. The molecule has 2 nitrogen and oxygen atoms in total. The number of Topliss-reactive ketones (excluding diaryl/α,β-unsaturated/α-hetero) is 1. The Morgan fingerprint density at radius 2 is 1.80 bits per heavy atom. The quantitative estimate of drug-likeness (QED) is 0.369. The first-order chi connectivity index (χ1) is 4.77. The summed E-state index contributed by atoms with van der Waals surface area (Å²) in [7, 11) is 0. The molecule has 0 radical (unpaired) electrons. The summed E-state index contributed by atoms with van der Waals surface area (Å²) >= 11 is 0. The van der Waals surface area contributed by atoms with Crippen molar-refractivity contribution in [1.29, 1.82) is 0 Å². The molecule has 0 aliphatic carbocycles. The van der Waals surface area contributed by atoms with Gasteiger partial charge in [0.15, 0.2) is 0 Å². The third-order valence-corrected chi connectivity index (χ3v) is 0.482. The van der Waals surface area contributed by atoms with Crippen molar-refractivity contribution in [2.75, 3.05) is 0 Å². The maximum Gasteiger partial charge on any atom is 0.203 e. The summed E-state index contributed by atoms with van der Waals surface area (Å²) in [5, 5.41) is 7.90. The monoisotopic (exact) mass is 132 g/mol. The Hall–Kier alpha value is -1.85. The second-order valence-corrected chi connectivity index (χ2v) is 1.29. The van der Waals surface area contributed by atoms with Crippen LogP contribution in [0, 0.1) is 35.7 Å². The van der Waals surface area contributed by atoms with E-state index in [9.17, 15) is 4.79 Å². The summed E-state index contributed by atoms with van der Waals surface area (Å²) in [6.07, 6.45) is 1.58. The molecule has 0 aromatic rings. The molecule has 0 aromatic heterocycles. The maximum atomic E-state index is 10.1. The Labute approximate surface area is 59.2 Å². The predicted octanol–water partition coefficient (Wildman–Crippen LogP) is -0.0844. The Morgan fingerprint density at radius 3 is 2.30 bits per heavy atom. The van der Waals surface area contributed by atoms with Crippen molar-refractivity contribution in [3.63, 3.8) is 0 Å². The molecule has 0 fully saturated rings. The molecule has 1 N–H and O–H groups in total. The molecule has 2 heteroatoms. The molecule has 0 saturated heterocycles. The summed E-state index contributed by atoms with van der Waals surface area (Å²) < 4.78 is 0. The molecular formula is C8H4O2. The van der Waals surface area contributed by atoms with Crippen LogP contribution in [0.25, 0.3) is 0 Å². The number of carbonyl (C=O) groups excluding carboxylic acids is 1. The second-order valence-electron chi connectivity index (χ2n) is 1.29. The molecule has 10 heavy (non-hydrogen) atoms. The maximum absolute atomic E-state index is 10.1. The van der Waals surface area contributed by atoms with Crippen LogP contribution in [0.2, 0.25) is 0 Å². The molecular weight excluding hydrogens is 128 g/mol. The molecule has 0 heterocycles. The smallest absolute Gasteiger partial charge is 0.203 e. The average molecular weight is 132 g/mol. The van der Waals surface area contributed by atoms with E-state index in [1.807, 2.05) is 0 Å². The summed E-state index contributed by atoms with van der Waals surface area (Å²) in [6.45, 7) is 1.34. The van der Waals surface area contributed by atoms with E-state index < -0.39 is 0 Å². The van der Waals surface area contributed by atoms with E-state index in [0.717, 1.165) is 0 Å². The lowest BCUT2D eigenvalue weighted by Gasteiger charge is -1.62. The second kappa shape index (κ2) is 5.29. The Morgan fingerprint density at radius 1 is 1.20 bits per heavy atom. The first kappa shape index (κ1) is 8.15. The van der Waals surface area contributed by atoms with Gasteiger partial charge < -0.3 is 5.11 Å². The zero-order chi connectivity index (χ0) is 7.82. The fourth-order valence-electron chi connectivity index (χ4n) is 0.210. The minimum absolute atomic E-state index is 0.244. The lowest BCUT2D eigenvalue weighted by molar-refractivity contribution is -0.111. The lowest BCUT2D eigenvalue weighted by Crippen LogP contribution is -1.78. The van der Waals surface area contributed by atoms with Crippen LogP contribution in [-0.2, 0) is 4.79 Å². The van der Waals surface area contributed by atoms with Gasteiger partial charge in [0.25, 0.3) is 0 Å². The van der Waals surface area contributed by atoms with Gasteiger partial charge in [-0.05, 0) is 17.8 Å². The first-order valence-electron chi connectivity index (χ1n) is 2.43. The summed E-state index contributed by atoms with van der Waals surface area (Å²) in [5.74, 6) is 10.7. The summed E-state index contributed by atoms with van der Waals surface area (Å²) in [6, 6.07) is 0. The molecule has 0 rings (SSSR count). The van der Waals surface area contributed by atoms with Gasteiger partial charge in [-0.3, -0.25) is 4.79 Å². The average Bonchev–Trinajstić information content (AvgIpc) is 1.87. The van der Waals surface area contributed by atoms with Crippen LogP contribution in [0.3, 0.4) is 0 Å². The number of aliphatic hydroxyl groups excluding tert-OH is 1. The van der Waals surface area contributed by atoms with Crippen LogP contribution in [0.1, 0.15) is 6.92 Å². The molecule has 0 aromatic carbocycles. The highest BCUT2D eigenvalue weighted by molar-refractivity contribution is 5.93. The van der Waals surface area contributed by atoms with E-state index in [0.29, 0.717) is 0 Å². The predicted molar refractivity (Wildman–Crippen MR) is 35.9 cm³/mol. The number of hydrogen-bond donors (Lipinski definition) is 1. The van der Waals surface area contributed by atoms with Crippen LogP contribution in [0.5, 0.6) is 0 Å². The van der Waals surface area contributed by atoms with E-state index >= 15 is 0 Å². The van der Waals surface area contributed by atoms with Crippen LogP contribution >= 0.6 is 0 Å². The minimum Gasteiger partial charge on any atom is -0.461 e. The molecule has 0 amide bonds. The van der Waals surface area contributed by atoms with Gasteiger partial charge in [0, 0.05) is 18.8 Å². The molecule has 0 saturated carbocycles. The molecule has 0 spiro atoms. The van der Waals surface area contributed by atoms with Gasteiger partial charge in [0.05, 0.1) is 0 Å². The van der Waals surface area contributed by atoms with Crippen LogP contribution in [0.15, 0.2) is 0 Å². The van der Waals surface area contributed by atoms with Gasteiger partial charge in [-0.2, -0.15) is 0 Å². The van der Waals surface area contributed by atoms with Gasteiger partial charge in [0.2, 0.25) is 5.78 Å². The molecule has 0 aliphatic rings. The molecule has 0 bridgehead atoms. The van der Waals surface area contributed by atoms with Gasteiger partial charge in [-0.15, -0.1) is 0 Å². The van der Waals surface area contributed by atoms with E-state index in [1.165, 1.54) is 6.92 Å². The Kier molecular flexibility index (Phi) is 4.31. The van der Waals surface area contributed by atoms with E-state index in [1.54, 1.807) is 6.11 Å². The molecule has 0 unspecified atom stereocenters. The van der Waals surface area contributed by atoms with Gasteiger partial charge >= 0.3 is 0 Å². The van der Waals surface area contributed by atoms with Crippen molar-refractivity contribution >= 4 is 5.78 Å². The first-order valence-corrected chi connectivity index (χ1v) is 2.43. The minimum atomic E-state index is -0.244. The zero-order valence-corrected chi connectivity index (χ0v) is 5.36. The van der Waals surface area contributed by atoms with Crippen molar-refractivity contribution in [2.45, 2.75) is 6.92 Å². The third kappa shape index (κ3) is 6.15. The van der Waals surface area contributed by atoms with Gasteiger partial charge in [-0.25, -0.2) is 0 Å². The number of ketones is 1. The zero-order valence-electron chi connectivity index (χ0n) is 5.36. The van der Waals surface area contributed by atoms with Crippen molar-refractivity contribution < 1.29 is 9.90 Å². The van der Waals surface area contributed by atoms with Crippen LogP contribution in [0.4, 0.5) is 0 Å². The van der Waals surface area contributed by atoms with Crippen molar-refractivity contribution in [1.82, 2.24) is 0 Å². The Balaban J connectivity index is 3.98. The van der Waals surface area contributed by atoms with Crippen molar-refractivity contribution in [3.8, 4) is 35.7 Å². The van der Waals surface area contributed by atoms with Crippen LogP contribution in [-0.4, -0.2) is 10.9 Å². The number of aliphatic hydroxyl groups is 1. The van der Waals surface area contributed by atoms with Gasteiger partial charge in [0.1, 0.15) is 6.11 Å². The highest BCUT2D eigenvalue weighted by atomic mass is 16.2. The molecule has 0 aliphatic heterocycles. The number of hydrogen-bond acceptors (Lipinski definition) is 2. The highest BCUT2D eigenvalue weighted by Crippen LogP contribution is 1.59. The van der Waals surface area contributed by atoms with E-state index in [2.05, 4.69) is 29.6 Å². The summed E-state index contributed by atoms with van der Waals surface area (Å²) in [4.78, 5) is 10.1. The van der Waals surface area contributed by atoms with E-state index in [-0.39, 0.29) is 5.78 Å².